The van der Waals surface area contributed by atoms with E-state index in [9.17, 15) is 28.8 Å². The number of amides is 3. The van der Waals surface area contributed by atoms with Gasteiger partial charge in [0.1, 0.15) is 79.7 Å². The SMILES string of the molecule is C.C=CCOC(=O)Cl.C=CCOC(=O)N[C@H](C(=O)N1C[C@H](ON=C2c3ccccc3-c3ccc(OCC=C)cc32)C[C@H]1C(=O)OC)C(C)(C)C.C=CCOc1ccc2c(c1)C(=NO[C@@H]1C[C@@H](C(=O)OC)N(C(=O)[C@@H](N)C(C)(C)C)C1)c1ccccc1-2.F.FF. The molecule has 24 heteroatoms. The van der Waals surface area contributed by atoms with Crippen LogP contribution in [0.2, 0.25) is 0 Å². The average Bonchev–Trinajstić information content (AvgIpc) is 2.80. The topological polar surface area (TPSA) is 246 Å². The van der Waals surface area contributed by atoms with Crippen molar-refractivity contribution in [2.75, 3.05) is 53.7 Å². The van der Waals surface area contributed by atoms with Crippen LogP contribution < -0.4 is 20.5 Å². The summed E-state index contributed by atoms with van der Waals surface area (Å²) >= 11 is 4.75. The standard InChI is InChI=1S/C32H37N3O7.C28H33N3O5.C4H5ClO2.CH4.F2.FH/c1-7-15-40-20-13-14-23-22-11-9-10-12-24(22)27(25(23)17-20)34-42-21-18-26(30(37)39-6)35(19-21)29(36)28(32(3,4)5)33-31(38)41-16-8-2;1-6-13-35-17-11-12-20-19-9-7-8-10-21(19)24(22(20)14-17)30-36-18-15-23(27(33)34-5)31(16-18)26(32)25(29)28(2,3)4;1-2-3-7-4(5)6;;1-2;/h7-14,17,21,26,28H,1-2,15-16,18-19H2,3-6H3,(H,33,38);6-12,14,18,23,25H,1,13,15-16,29H2,2-5H3;2H,1,3H2;1H4;;1H/t21-,26+,28-;18-,23+,25-;;;;/m11..../s1. The van der Waals surface area contributed by atoms with E-state index in [0.717, 1.165) is 44.5 Å². The van der Waals surface area contributed by atoms with Crippen molar-refractivity contribution in [1.82, 2.24) is 15.1 Å². The fourth-order valence-corrected chi connectivity index (χ4v) is 9.79. The molecule has 3 amide bonds. The second-order valence-corrected chi connectivity index (χ2v) is 22.4. The van der Waals surface area contributed by atoms with Crippen molar-refractivity contribution in [3.8, 4) is 33.8 Å². The molecule has 2 heterocycles. The van der Waals surface area contributed by atoms with E-state index in [-0.39, 0.29) is 57.2 Å². The third-order valence-corrected chi connectivity index (χ3v) is 14.1. The Morgan fingerprint density at radius 2 is 0.989 bits per heavy atom. The zero-order valence-electron chi connectivity index (χ0n) is 50.5. The van der Waals surface area contributed by atoms with E-state index in [1.54, 1.807) is 12.2 Å². The number of nitrogens with two attached hydrogens (primary N) is 1. The Hall–Kier alpha value is -8.96. The molecule has 20 nitrogen and oxygen atoms in total. The van der Waals surface area contributed by atoms with Crippen LogP contribution in [0.4, 0.5) is 23.4 Å². The summed E-state index contributed by atoms with van der Waals surface area (Å²) in [6.45, 7) is 26.5. The minimum absolute atomic E-state index is 0. The molecule has 2 saturated heterocycles. The second kappa shape index (κ2) is 34.5. The Morgan fingerprint density at radius 1 is 0.607 bits per heavy atom. The molecule has 0 aromatic heterocycles. The molecule has 0 radical (unpaired) electrons. The van der Waals surface area contributed by atoms with Crippen LogP contribution in [0.25, 0.3) is 22.3 Å². The summed E-state index contributed by atoms with van der Waals surface area (Å²) in [5, 5.41) is 11.7. The summed E-state index contributed by atoms with van der Waals surface area (Å²) in [7, 11) is 2.57. The van der Waals surface area contributed by atoms with Gasteiger partial charge in [-0.3, -0.25) is 14.3 Å². The average molecular weight is 1260 g/mol. The van der Waals surface area contributed by atoms with Crippen LogP contribution in [0, 0.1) is 10.8 Å². The van der Waals surface area contributed by atoms with E-state index in [2.05, 4.69) is 46.7 Å². The fraction of sp³-hybridized carbons (Fsp3) is 0.385. The van der Waals surface area contributed by atoms with Gasteiger partial charge in [0.2, 0.25) is 11.8 Å². The molecule has 4 aromatic rings. The van der Waals surface area contributed by atoms with Gasteiger partial charge in [-0.2, -0.15) is 0 Å². The lowest BCUT2D eigenvalue weighted by atomic mass is 9.85. The van der Waals surface area contributed by atoms with E-state index < -0.39 is 76.6 Å². The van der Waals surface area contributed by atoms with E-state index in [0.29, 0.717) is 36.1 Å². The number of hydrogen-bond donors (Lipinski definition) is 2. The second-order valence-electron chi connectivity index (χ2n) is 22.1. The van der Waals surface area contributed by atoms with E-state index >= 15 is 0 Å². The number of nitrogens with zero attached hydrogens (tertiary/aromatic N) is 4. The highest BCUT2D eigenvalue weighted by Gasteiger charge is 2.48. The minimum Gasteiger partial charge on any atom is -0.490 e. The van der Waals surface area contributed by atoms with Crippen molar-refractivity contribution in [2.45, 2.75) is 98.2 Å². The van der Waals surface area contributed by atoms with Gasteiger partial charge in [-0.25, -0.2) is 19.2 Å². The van der Waals surface area contributed by atoms with Crippen LogP contribution in [-0.2, 0) is 47.8 Å². The minimum atomic E-state index is -0.977. The molecule has 482 valence electrons. The number of ether oxygens (including phenoxy) is 6. The molecule has 8 rings (SSSR count). The predicted molar refractivity (Wildman–Crippen MR) is 335 cm³/mol. The molecule has 3 N–H and O–H groups in total. The highest BCUT2D eigenvalue weighted by Crippen LogP contribution is 2.41. The molecule has 6 atom stereocenters. The first-order chi connectivity index (χ1) is 41.5. The Labute approximate surface area is 522 Å². The van der Waals surface area contributed by atoms with Gasteiger partial charge < -0.3 is 58.9 Å². The number of benzene rings is 4. The van der Waals surface area contributed by atoms with E-state index in [4.69, 9.17) is 59.8 Å². The maximum absolute atomic E-state index is 13.8. The zero-order chi connectivity index (χ0) is 64.2. The summed E-state index contributed by atoms with van der Waals surface area (Å²) in [6.07, 6.45) is 4.83. The summed E-state index contributed by atoms with van der Waals surface area (Å²) in [6, 6.07) is 24.1. The van der Waals surface area contributed by atoms with Crippen LogP contribution in [0.1, 0.15) is 84.1 Å². The first-order valence-corrected chi connectivity index (χ1v) is 28.0. The van der Waals surface area contributed by atoms with Crippen molar-refractivity contribution < 1.29 is 80.7 Å². The number of nitrogens with one attached hydrogen (secondary N) is 1. The van der Waals surface area contributed by atoms with Gasteiger partial charge in [0.05, 0.1) is 33.4 Å². The summed E-state index contributed by atoms with van der Waals surface area (Å²) in [4.78, 5) is 89.1. The van der Waals surface area contributed by atoms with Gasteiger partial charge in [-0.1, -0.05) is 158 Å². The van der Waals surface area contributed by atoms with Crippen LogP contribution in [0.15, 0.2) is 146 Å². The lowest BCUT2D eigenvalue weighted by Gasteiger charge is -2.34. The molecular weight excluding hydrogens is 1180 g/mol. The van der Waals surface area contributed by atoms with Crippen LogP contribution >= 0.6 is 11.6 Å². The monoisotopic (exact) mass is 1260 g/mol. The van der Waals surface area contributed by atoms with Crippen LogP contribution in [-0.4, -0.2) is 147 Å². The number of oxime groups is 2. The van der Waals surface area contributed by atoms with Gasteiger partial charge in [-0.05, 0) is 69.5 Å². The van der Waals surface area contributed by atoms with Crippen molar-refractivity contribution in [2.24, 2.45) is 26.9 Å². The van der Waals surface area contributed by atoms with Crippen LogP contribution in [0.5, 0.6) is 11.5 Å². The predicted octanol–water partition coefficient (Wildman–Crippen LogP) is 11.2. The van der Waals surface area contributed by atoms with Crippen molar-refractivity contribution in [3.63, 3.8) is 0 Å². The number of rotatable bonds is 19. The number of carbonyl (C=O) groups excluding carboxylic acids is 6. The molecule has 2 fully saturated rings. The van der Waals surface area contributed by atoms with Crippen LogP contribution in [0.3, 0.4) is 0 Å². The quantitative estimate of drug-likeness (QED) is 0.0252. The molecular formula is C65H80ClF3N6O14. The summed E-state index contributed by atoms with van der Waals surface area (Å²) in [5.74, 6) is -0.461. The summed E-state index contributed by atoms with van der Waals surface area (Å²) in [5.41, 5.74) is 13.3. The van der Waals surface area contributed by atoms with Crippen molar-refractivity contribution in [1.29, 1.82) is 0 Å². The number of methoxy groups -OCH3 is 2. The molecule has 4 aromatic carbocycles. The molecule has 0 spiro atoms. The molecule has 2 aliphatic carbocycles. The lowest BCUT2D eigenvalue weighted by Crippen LogP contribution is -2.57. The Morgan fingerprint density at radius 3 is 1.35 bits per heavy atom. The Kier molecular flexibility index (Phi) is 28.8. The number of alkyl carbamates (subject to hydrolysis) is 1. The maximum Gasteiger partial charge on any atom is 0.408 e. The maximum atomic E-state index is 13.8. The Bertz CT molecular complexity index is 3220. The third-order valence-electron chi connectivity index (χ3n) is 14.0. The number of hydrogen-bond acceptors (Lipinski definition) is 17. The van der Waals surface area contributed by atoms with Gasteiger partial charge >= 0.3 is 23.5 Å². The third kappa shape index (κ3) is 19.0. The molecule has 89 heavy (non-hydrogen) atoms. The lowest BCUT2D eigenvalue weighted by molar-refractivity contribution is -0.152. The molecule has 0 bridgehead atoms. The van der Waals surface area contributed by atoms with Crippen molar-refractivity contribution >= 4 is 58.3 Å². The van der Waals surface area contributed by atoms with E-state index in [1.807, 2.05) is 126 Å². The number of likely N-dealkylation sites (tertiary alicyclic amines) is 2. The van der Waals surface area contributed by atoms with Crippen molar-refractivity contribution in [3.05, 3.63) is 158 Å². The number of esters is 2. The number of fused-ring (bicyclic) bond motifs is 6. The van der Waals surface area contributed by atoms with Gasteiger partial charge in [0.25, 0.3) is 0 Å². The molecule has 0 unspecified atom stereocenters. The van der Waals surface area contributed by atoms with Gasteiger partial charge in [0, 0.05) is 55.8 Å². The molecule has 4 aliphatic rings. The Balaban J connectivity index is 0.000000404. The first kappa shape index (κ1) is 74.3. The highest BCUT2D eigenvalue weighted by molar-refractivity contribution is 6.61. The normalized spacial score (nSPS) is 17.8. The largest absolute Gasteiger partial charge is 0.490 e. The molecule has 2 aliphatic heterocycles. The first-order valence-electron chi connectivity index (χ1n) is 27.6. The highest BCUT2D eigenvalue weighted by atomic mass is 35.5. The van der Waals surface area contributed by atoms with Gasteiger partial charge in [0.15, 0.2) is 0 Å². The smallest absolute Gasteiger partial charge is 0.408 e. The molecule has 0 saturated carbocycles. The summed E-state index contributed by atoms with van der Waals surface area (Å²) < 4.78 is 46.7. The van der Waals surface area contributed by atoms with Gasteiger partial charge in [-0.15, -0.1) is 0 Å². The van der Waals surface area contributed by atoms with E-state index in [1.165, 1.54) is 36.2 Å². The zero-order valence-corrected chi connectivity index (χ0v) is 51.2. The fourth-order valence-electron chi connectivity index (χ4n) is 9.72. The number of carbonyl (C=O) groups is 6. The number of halogens is 4.